The van der Waals surface area contributed by atoms with E-state index >= 15 is 0 Å². The van der Waals surface area contributed by atoms with Gasteiger partial charge in [-0.25, -0.2) is 9.97 Å². The van der Waals surface area contributed by atoms with Crippen LogP contribution >= 0.6 is 0 Å². The molecule has 27 heavy (non-hydrogen) atoms. The van der Waals surface area contributed by atoms with Crippen LogP contribution in [0.5, 0.6) is 0 Å². The van der Waals surface area contributed by atoms with E-state index in [9.17, 15) is 26.3 Å². The van der Waals surface area contributed by atoms with Gasteiger partial charge in [-0.2, -0.15) is 26.3 Å². The van der Waals surface area contributed by atoms with Gasteiger partial charge in [0.2, 0.25) is 0 Å². The van der Waals surface area contributed by atoms with Crippen molar-refractivity contribution in [1.29, 1.82) is 0 Å². The predicted molar refractivity (Wildman–Crippen MR) is 84.8 cm³/mol. The molecule has 0 unspecified atom stereocenters. The van der Waals surface area contributed by atoms with Crippen LogP contribution in [0.4, 0.5) is 43.7 Å². The summed E-state index contributed by atoms with van der Waals surface area (Å²) < 4.78 is 82.9. The van der Waals surface area contributed by atoms with Crippen LogP contribution in [0.25, 0.3) is 0 Å². The van der Waals surface area contributed by atoms with Crippen molar-refractivity contribution in [2.45, 2.75) is 12.4 Å². The van der Waals surface area contributed by atoms with E-state index in [1.807, 2.05) is 4.90 Å². The Morgan fingerprint density at radius 3 is 2.00 bits per heavy atom. The molecule has 0 atom stereocenters. The summed E-state index contributed by atoms with van der Waals surface area (Å²) in [5, 5.41) is 2.50. The highest BCUT2D eigenvalue weighted by molar-refractivity contribution is 5.61. The number of halogens is 6. The molecule has 0 spiro atoms. The Balaban J connectivity index is 1.90. The first-order chi connectivity index (χ1) is 12.6. The van der Waals surface area contributed by atoms with Crippen LogP contribution in [0.3, 0.4) is 0 Å². The largest absolute Gasteiger partial charge is 0.416 e. The van der Waals surface area contributed by atoms with Gasteiger partial charge < -0.3 is 15.0 Å². The molecule has 1 aromatic carbocycles. The number of alkyl halides is 6. The number of aromatic nitrogens is 2. The molecule has 146 valence electrons. The molecule has 11 heteroatoms. The Morgan fingerprint density at radius 2 is 1.44 bits per heavy atom. The van der Waals surface area contributed by atoms with E-state index in [-0.39, 0.29) is 17.6 Å². The monoisotopic (exact) mass is 392 g/mol. The van der Waals surface area contributed by atoms with Gasteiger partial charge in [-0.05, 0) is 18.2 Å². The molecule has 1 fully saturated rings. The maximum atomic E-state index is 12.9. The van der Waals surface area contributed by atoms with Crippen molar-refractivity contribution in [3.05, 3.63) is 41.7 Å². The van der Waals surface area contributed by atoms with E-state index in [0.29, 0.717) is 44.3 Å². The summed E-state index contributed by atoms with van der Waals surface area (Å²) in [4.78, 5) is 9.83. The smallest absolute Gasteiger partial charge is 0.378 e. The highest BCUT2D eigenvalue weighted by Crippen LogP contribution is 2.38. The van der Waals surface area contributed by atoms with Crippen molar-refractivity contribution in [3.63, 3.8) is 0 Å². The number of anilines is 3. The Hall–Kier alpha value is -2.56. The van der Waals surface area contributed by atoms with Crippen LogP contribution < -0.4 is 10.2 Å². The molecule has 1 aromatic heterocycles. The van der Waals surface area contributed by atoms with Crippen LogP contribution in [0.1, 0.15) is 11.1 Å². The number of rotatable bonds is 3. The highest BCUT2D eigenvalue weighted by atomic mass is 19.4. The van der Waals surface area contributed by atoms with Crippen molar-refractivity contribution in [2.75, 3.05) is 36.5 Å². The third-order valence-electron chi connectivity index (χ3n) is 3.85. The number of ether oxygens (including phenoxy) is 1. The molecule has 1 aliphatic heterocycles. The number of hydrogen-bond acceptors (Lipinski definition) is 5. The molecule has 1 aliphatic rings. The molecule has 1 saturated heterocycles. The van der Waals surface area contributed by atoms with E-state index in [1.54, 1.807) is 0 Å². The van der Waals surface area contributed by atoms with Crippen LogP contribution in [0.2, 0.25) is 0 Å². The van der Waals surface area contributed by atoms with Crippen molar-refractivity contribution in [3.8, 4) is 0 Å². The Kier molecular flexibility index (Phi) is 5.13. The van der Waals surface area contributed by atoms with Gasteiger partial charge >= 0.3 is 12.4 Å². The third kappa shape index (κ3) is 4.79. The van der Waals surface area contributed by atoms with Crippen molar-refractivity contribution >= 4 is 17.3 Å². The van der Waals surface area contributed by atoms with Crippen LogP contribution in [-0.4, -0.2) is 36.3 Å². The first-order valence-corrected chi connectivity index (χ1v) is 7.84. The maximum absolute atomic E-state index is 12.9. The summed E-state index contributed by atoms with van der Waals surface area (Å²) in [6.45, 7) is 2.13. The standard InChI is InChI=1S/C16H14F6N4O/c17-15(18,19)10-5-11(16(20,21)22)7-12(6-10)25-13-8-14(24-9-23-13)26-1-3-27-4-2-26/h5-9H,1-4H2,(H,23,24,25). The summed E-state index contributed by atoms with van der Waals surface area (Å²) in [6, 6.07) is 2.74. The molecule has 1 N–H and O–H groups in total. The SMILES string of the molecule is FC(F)(F)c1cc(Nc2cc(N3CCOCC3)ncn2)cc(C(F)(F)F)c1. The molecule has 0 radical (unpaired) electrons. The molecular formula is C16H14F6N4O. The fourth-order valence-corrected chi connectivity index (χ4v) is 2.56. The lowest BCUT2D eigenvalue weighted by Crippen LogP contribution is -2.36. The average Bonchev–Trinajstić information content (AvgIpc) is 2.61. The van der Waals surface area contributed by atoms with Gasteiger partial charge in [0.15, 0.2) is 0 Å². The molecule has 2 heterocycles. The average molecular weight is 392 g/mol. The van der Waals surface area contributed by atoms with E-state index in [0.717, 1.165) is 0 Å². The second-order valence-electron chi connectivity index (χ2n) is 5.78. The minimum absolute atomic E-state index is 0.0737. The normalized spacial score (nSPS) is 15.7. The zero-order valence-electron chi connectivity index (χ0n) is 13.7. The number of hydrogen-bond donors (Lipinski definition) is 1. The molecule has 0 bridgehead atoms. The van der Waals surface area contributed by atoms with Gasteiger partial charge in [0.25, 0.3) is 0 Å². The lowest BCUT2D eigenvalue weighted by molar-refractivity contribution is -0.143. The molecular weight excluding hydrogens is 378 g/mol. The van der Waals surface area contributed by atoms with Crippen LogP contribution in [0, 0.1) is 0 Å². The zero-order chi connectivity index (χ0) is 19.7. The lowest BCUT2D eigenvalue weighted by Gasteiger charge is -2.27. The predicted octanol–water partition coefficient (Wildman–Crippen LogP) is 4.09. The molecule has 0 amide bonds. The lowest BCUT2D eigenvalue weighted by atomic mass is 10.1. The number of nitrogens with zero attached hydrogens (tertiary/aromatic N) is 3. The molecule has 3 rings (SSSR count). The number of nitrogens with one attached hydrogen (secondary N) is 1. The van der Waals surface area contributed by atoms with Gasteiger partial charge in [-0.15, -0.1) is 0 Å². The molecule has 2 aromatic rings. The second-order valence-corrected chi connectivity index (χ2v) is 5.78. The van der Waals surface area contributed by atoms with Gasteiger partial charge in [-0.1, -0.05) is 0 Å². The zero-order valence-corrected chi connectivity index (χ0v) is 13.7. The summed E-state index contributed by atoms with van der Waals surface area (Å²) in [5.74, 6) is 0.581. The fraction of sp³-hybridized carbons (Fsp3) is 0.375. The summed E-state index contributed by atoms with van der Waals surface area (Å²) >= 11 is 0. The summed E-state index contributed by atoms with van der Waals surface area (Å²) in [7, 11) is 0. The van der Waals surface area contributed by atoms with Crippen molar-refractivity contribution < 1.29 is 31.1 Å². The maximum Gasteiger partial charge on any atom is 0.416 e. The minimum Gasteiger partial charge on any atom is -0.378 e. The Bertz CT molecular complexity index is 770. The Labute approximate surface area is 150 Å². The van der Waals surface area contributed by atoms with E-state index in [2.05, 4.69) is 15.3 Å². The molecule has 0 aliphatic carbocycles. The van der Waals surface area contributed by atoms with Crippen LogP contribution in [-0.2, 0) is 17.1 Å². The van der Waals surface area contributed by atoms with Crippen molar-refractivity contribution in [1.82, 2.24) is 9.97 Å². The number of morpholine rings is 1. The van der Waals surface area contributed by atoms with Gasteiger partial charge in [0.1, 0.15) is 18.0 Å². The first-order valence-electron chi connectivity index (χ1n) is 7.84. The van der Waals surface area contributed by atoms with E-state index in [1.165, 1.54) is 12.4 Å². The van der Waals surface area contributed by atoms with Gasteiger partial charge in [0, 0.05) is 24.8 Å². The highest BCUT2D eigenvalue weighted by Gasteiger charge is 2.37. The molecule has 0 saturated carbocycles. The fourth-order valence-electron chi connectivity index (χ4n) is 2.56. The number of benzene rings is 1. The minimum atomic E-state index is -4.91. The van der Waals surface area contributed by atoms with E-state index < -0.39 is 23.5 Å². The van der Waals surface area contributed by atoms with Gasteiger partial charge in [0.05, 0.1) is 24.3 Å². The Morgan fingerprint density at radius 1 is 0.852 bits per heavy atom. The molecule has 5 nitrogen and oxygen atoms in total. The topological polar surface area (TPSA) is 50.3 Å². The quantitative estimate of drug-likeness (QED) is 0.798. The summed E-state index contributed by atoms with van der Waals surface area (Å²) in [6.07, 6.45) is -8.64. The van der Waals surface area contributed by atoms with E-state index in [4.69, 9.17) is 4.74 Å². The van der Waals surface area contributed by atoms with Crippen LogP contribution in [0.15, 0.2) is 30.6 Å². The van der Waals surface area contributed by atoms with Crippen molar-refractivity contribution in [2.24, 2.45) is 0 Å². The summed E-state index contributed by atoms with van der Waals surface area (Å²) in [5.41, 5.74) is -3.17. The second kappa shape index (κ2) is 7.22. The first kappa shape index (κ1) is 19.2. The van der Waals surface area contributed by atoms with Gasteiger partial charge in [-0.3, -0.25) is 0 Å². The third-order valence-corrected chi connectivity index (χ3v) is 3.85.